The number of hydrogen-bond acceptors (Lipinski definition) is 0. The lowest BCUT2D eigenvalue weighted by Crippen LogP contribution is -2.15. The molecule has 0 saturated carbocycles. The van der Waals surface area contributed by atoms with E-state index in [2.05, 4.69) is 62.4 Å². The molecule has 2 aliphatic rings. The molecule has 2 aliphatic carbocycles. The first-order valence-electron chi connectivity index (χ1n) is 8.12. The quantitative estimate of drug-likeness (QED) is 0.361. The van der Waals surface area contributed by atoms with Crippen LogP contribution in [-0.2, 0) is 11.8 Å². The Hall–Kier alpha value is -2.05. The van der Waals surface area contributed by atoms with Crippen LogP contribution in [0.15, 0.2) is 54.6 Å². The minimum absolute atomic E-state index is 0.0768. The zero-order valence-corrected chi connectivity index (χ0v) is 14.0. The molecule has 23 heavy (non-hydrogen) atoms. The molecular weight excluding hydrogens is 300 g/mol. The Labute approximate surface area is 141 Å². The summed E-state index contributed by atoms with van der Waals surface area (Å²) in [5, 5.41) is 0.828. The summed E-state index contributed by atoms with van der Waals surface area (Å²) in [6.45, 7) is 4.67. The Morgan fingerprint density at radius 3 is 2.39 bits per heavy atom. The number of rotatable bonds is 0. The van der Waals surface area contributed by atoms with Crippen molar-refractivity contribution in [3.8, 4) is 22.3 Å². The molecule has 0 fully saturated rings. The van der Waals surface area contributed by atoms with Crippen LogP contribution >= 0.6 is 11.6 Å². The summed E-state index contributed by atoms with van der Waals surface area (Å²) in [4.78, 5) is 0. The van der Waals surface area contributed by atoms with E-state index in [-0.39, 0.29) is 5.41 Å². The summed E-state index contributed by atoms with van der Waals surface area (Å²) in [6, 6.07) is 19.9. The number of benzene rings is 3. The Morgan fingerprint density at radius 1 is 0.739 bits per heavy atom. The summed E-state index contributed by atoms with van der Waals surface area (Å²) in [7, 11) is 0. The van der Waals surface area contributed by atoms with Crippen molar-refractivity contribution in [2.24, 2.45) is 0 Å². The zero-order valence-electron chi connectivity index (χ0n) is 13.3. The van der Waals surface area contributed by atoms with Gasteiger partial charge in [0.05, 0.1) is 0 Å². The van der Waals surface area contributed by atoms with Crippen LogP contribution in [0.2, 0.25) is 5.02 Å². The molecule has 0 heterocycles. The third kappa shape index (κ3) is 1.67. The molecule has 5 rings (SSSR count). The van der Waals surface area contributed by atoms with Gasteiger partial charge in [0.15, 0.2) is 0 Å². The summed E-state index contributed by atoms with van der Waals surface area (Å²) in [5.41, 5.74) is 11.3. The van der Waals surface area contributed by atoms with Crippen LogP contribution in [0.4, 0.5) is 0 Å². The van der Waals surface area contributed by atoms with Gasteiger partial charge in [-0.3, -0.25) is 0 Å². The highest BCUT2D eigenvalue weighted by Gasteiger charge is 2.36. The van der Waals surface area contributed by atoms with E-state index in [4.69, 9.17) is 11.6 Å². The number of halogens is 1. The molecule has 0 spiro atoms. The van der Waals surface area contributed by atoms with E-state index in [0.717, 1.165) is 11.4 Å². The molecule has 0 aliphatic heterocycles. The molecule has 112 valence electrons. The molecule has 0 nitrogen and oxygen atoms in total. The lowest BCUT2D eigenvalue weighted by molar-refractivity contribution is 0.659. The van der Waals surface area contributed by atoms with Gasteiger partial charge in [0, 0.05) is 10.4 Å². The second kappa shape index (κ2) is 4.27. The Balaban J connectivity index is 1.81. The fraction of sp³-hybridized carbons (Fsp3) is 0.182. The smallest absolute Gasteiger partial charge is 0.0409 e. The standard InChI is InChI=1S/C22H17Cl/c1-22(2)20-6-4-3-5-17(20)19-12-18-14(11-21(19)22)9-13-10-15(23)7-8-16(13)18/h3-8,10-12H,9H2,1-2H3. The molecule has 0 radical (unpaired) electrons. The van der Waals surface area contributed by atoms with Gasteiger partial charge in [-0.1, -0.05) is 61.8 Å². The van der Waals surface area contributed by atoms with Gasteiger partial charge in [-0.25, -0.2) is 0 Å². The minimum atomic E-state index is 0.0768. The van der Waals surface area contributed by atoms with Crippen molar-refractivity contribution in [3.05, 3.63) is 81.9 Å². The van der Waals surface area contributed by atoms with Crippen molar-refractivity contribution < 1.29 is 0 Å². The van der Waals surface area contributed by atoms with Gasteiger partial charge in [-0.05, 0) is 69.1 Å². The largest absolute Gasteiger partial charge is 0.0843 e. The number of hydrogen-bond donors (Lipinski definition) is 0. The van der Waals surface area contributed by atoms with Crippen LogP contribution in [-0.4, -0.2) is 0 Å². The monoisotopic (exact) mass is 316 g/mol. The molecule has 0 N–H and O–H groups in total. The van der Waals surface area contributed by atoms with Crippen molar-refractivity contribution in [1.29, 1.82) is 0 Å². The van der Waals surface area contributed by atoms with E-state index in [0.29, 0.717) is 0 Å². The predicted molar refractivity (Wildman–Crippen MR) is 97.3 cm³/mol. The van der Waals surface area contributed by atoms with Gasteiger partial charge in [-0.15, -0.1) is 0 Å². The second-order valence-electron chi connectivity index (χ2n) is 7.20. The molecule has 0 saturated heterocycles. The molecule has 3 aromatic carbocycles. The molecule has 1 heteroatoms. The number of fused-ring (bicyclic) bond motifs is 6. The molecule has 0 amide bonds. The van der Waals surface area contributed by atoms with E-state index in [1.54, 1.807) is 0 Å². The van der Waals surface area contributed by atoms with Crippen LogP contribution in [0, 0.1) is 0 Å². The first-order valence-corrected chi connectivity index (χ1v) is 8.49. The van der Waals surface area contributed by atoms with Gasteiger partial charge < -0.3 is 0 Å². The molecule has 3 aromatic rings. The molecule has 0 unspecified atom stereocenters. The fourth-order valence-electron chi connectivity index (χ4n) is 4.37. The Kier molecular flexibility index (Phi) is 2.49. The van der Waals surface area contributed by atoms with E-state index in [9.17, 15) is 0 Å². The van der Waals surface area contributed by atoms with Crippen molar-refractivity contribution >= 4 is 11.6 Å². The predicted octanol–water partition coefficient (Wildman–Crippen LogP) is 6.22. The van der Waals surface area contributed by atoms with Crippen LogP contribution in [0.5, 0.6) is 0 Å². The summed E-state index contributed by atoms with van der Waals surface area (Å²) >= 11 is 6.18. The van der Waals surface area contributed by atoms with E-state index in [1.165, 1.54) is 44.5 Å². The lowest BCUT2D eigenvalue weighted by atomic mass is 9.81. The van der Waals surface area contributed by atoms with Crippen LogP contribution in [0.25, 0.3) is 22.3 Å². The fourth-order valence-corrected chi connectivity index (χ4v) is 4.56. The molecule has 0 aromatic heterocycles. The minimum Gasteiger partial charge on any atom is -0.0843 e. The lowest BCUT2D eigenvalue weighted by Gasteiger charge is -2.22. The Bertz CT molecular complexity index is 979. The summed E-state index contributed by atoms with van der Waals surface area (Å²) in [6.07, 6.45) is 0.991. The molecule has 0 atom stereocenters. The average Bonchev–Trinajstić information content (AvgIpc) is 2.99. The third-order valence-electron chi connectivity index (χ3n) is 5.55. The normalized spacial score (nSPS) is 15.8. The maximum Gasteiger partial charge on any atom is 0.0409 e. The van der Waals surface area contributed by atoms with Crippen molar-refractivity contribution in [3.63, 3.8) is 0 Å². The van der Waals surface area contributed by atoms with Crippen molar-refractivity contribution in [1.82, 2.24) is 0 Å². The molecular formula is C22H17Cl. The SMILES string of the molecule is CC1(C)c2ccccc2-c2cc3c(cc21)Cc1cc(Cl)ccc1-3. The highest BCUT2D eigenvalue weighted by atomic mass is 35.5. The highest BCUT2D eigenvalue weighted by Crippen LogP contribution is 2.52. The van der Waals surface area contributed by atoms with E-state index in [1.807, 2.05) is 6.07 Å². The van der Waals surface area contributed by atoms with Gasteiger partial charge in [0.1, 0.15) is 0 Å². The first kappa shape index (κ1) is 13.4. The van der Waals surface area contributed by atoms with Gasteiger partial charge >= 0.3 is 0 Å². The van der Waals surface area contributed by atoms with E-state index >= 15 is 0 Å². The van der Waals surface area contributed by atoms with Crippen LogP contribution < -0.4 is 0 Å². The first-order chi connectivity index (χ1) is 11.1. The van der Waals surface area contributed by atoms with Gasteiger partial charge in [0.2, 0.25) is 0 Å². The average molecular weight is 317 g/mol. The van der Waals surface area contributed by atoms with Gasteiger partial charge in [-0.2, -0.15) is 0 Å². The van der Waals surface area contributed by atoms with Crippen molar-refractivity contribution in [2.45, 2.75) is 25.7 Å². The summed E-state index contributed by atoms with van der Waals surface area (Å²) in [5.74, 6) is 0. The maximum absolute atomic E-state index is 6.18. The Morgan fingerprint density at radius 2 is 1.52 bits per heavy atom. The summed E-state index contributed by atoms with van der Waals surface area (Å²) < 4.78 is 0. The zero-order chi connectivity index (χ0) is 15.8. The van der Waals surface area contributed by atoms with Crippen LogP contribution in [0.1, 0.15) is 36.1 Å². The van der Waals surface area contributed by atoms with E-state index < -0.39 is 0 Å². The molecule has 0 bridgehead atoms. The maximum atomic E-state index is 6.18. The topological polar surface area (TPSA) is 0 Å². The third-order valence-corrected chi connectivity index (χ3v) is 5.78. The van der Waals surface area contributed by atoms with Crippen LogP contribution in [0.3, 0.4) is 0 Å². The highest BCUT2D eigenvalue weighted by molar-refractivity contribution is 6.30. The van der Waals surface area contributed by atoms with Gasteiger partial charge in [0.25, 0.3) is 0 Å². The second-order valence-corrected chi connectivity index (χ2v) is 7.64. The van der Waals surface area contributed by atoms with Crippen molar-refractivity contribution in [2.75, 3.05) is 0 Å².